The highest BCUT2D eigenvalue weighted by molar-refractivity contribution is 7.80. The number of hydrogen-bond donors (Lipinski definition) is 2. The fourth-order valence-corrected chi connectivity index (χ4v) is 2.23. The van der Waals surface area contributed by atoms with E-state index in [1.807, 2.05) is 18.2 Å². The summed E-state index contributed by atoms with van der Waals surface area (Å²) in [6.07, 6.45) is 1.84. The summed E-state index contributed by atoms with van der Waals surface area (Å²) >= 11 is 5.21. The van der Waals surface area contributed by atoms with Crippen molar-refractivity contribution in [1.29, 1.82) is 0 Å². The van der Waals surface area contributed by atoms with Gasteiger partial charge in [0.1, 0.15) is 0 Å². The Balaban J connectivity index is 2.14. The molecule has 6 nitrogen and oxygen atoms in total. The summed E-state index contributed by atoms with van der Waals surface area (Å²) in [5.74, 6) is 1.01. The third kappa shape index (κ3) is 4.11. The molecule has 118 valence electrons. The van der Waals surface area contributed by atoms with Gasteiger partial charge in [-0.2, -0.15) is 0 Å². The van der Waals surface area contributed by atoms with Gasteiger partial charge in [0.2, 0.25) is 6.79 Å². The number of ether oxygens (including phenoxy) is 3. The van der Waals surface area contributed by atoms with Gasteiger partial charge in [-0.1, -0.05) is 12.1 Å². The van der Waals surface area contributed by atoms with Gasteiger partial charge in [-0.15, -0.1) is 6.58 Å². The molecule has 0 bridgehead atoms. The lowest BCUT2D eigenvalue weighted by atomic mass is 10.0. The number of esters is 1. The van der Waals surface area contributed by atoms with Crippen molar-refractivity contribution >= 4 is 23.3 Å². The minimum Gasteiger partial charge on any atom is -0.469 e. The molecule has 1 aliphatic heterocycles. The smallest absolute Gasteiger partial charge is 0.307 e. The van der Waals surface area contributed by atoms with Crippen LogP contribution in [0.5, 0.6) is 11.5 Å². The Morgan fingerprint density at radius 2 is 2.27 bits per heavy atom. The molecule has 1 aromatic carbocycles. The number of fused-ring (bicyclic) bond motifs is 1. The largest absolute Gasteiger partial charge is 0.469 e. The number of nitrogens with one attached hydrogen (secondary N) is 2. The van der Waals surface area contributed by atoms with Crippen LogP contribution in [-0.4, -0.2) is 31.5 Å². The van der Waals surface area contributed by atoms with Gasteiger partial charge in [-0.3, -0.25) is 4.79 Å². The summed E-state index contributed by atoms with van der Waals surface area (Å²) in [5.41, 5.74) is 0.859. The van der Waals surface area contributed by atoms with E-state index in [-0.39, 0.29) is 25.2 Å². The Morgan fingerprint density at radius 3 is 3.00 bits per heavy atom. The number of rotatable bonds is 6. The van der Waals surface area contributed by atoms with E-state index in [1.165, 1.54) is 7.11 Å². The predicted octanol–water partition coefficient (Wildman–Crippen LogP) is 1.67. The quantitative estimate of drug-likeness (QED) is 0.469. The Morgan fingerprint density at radius 1 is 1.50 bits per heavy atom. The van der Waals surface area contributed by atoms with Crippen molar-refractivity contribution < 1.29 is 19.0 Å². The fraction of sp³-hybridized carbons (Fsp3) is 0.333. The van der Waals surface area contributed by atoms with Gasteiger partial charge < -0.3 is 24.8 Å². The summed E-state index contributed by atoms with van der Waals surface area (Å²) in [7, 11) is 1.35. The van der Waals surface area contributed by atoms with E-state index < -0.39 is 0 Å². The van der Waals surface area contributed by atoms with Gasteiger partial charge in [0.05, 0.1) is 19.6 Å². The second-order valence-corrected chi connectivity index (χ2v) is 5.00. The number of thiocarbonyl (C=S) groups is 1. The second kappa shape index (κ2) is 7.65. The predicted molar refractivity (Wildman–Crippen MR) is 85.9 cm³/mol. The lowest BCUT2D eigenvalue weighted by Crippen LogP contribution is -2.38. The van der Waals surface area contributed by atoms with Crippen LogP contribution in [0.25, 0.3) is 0 Å². The molecule has 0 radical (unpaired) electrons. The van der Waals surface area contributed by atoms with Gasteiger partial charge >= 0.3 is 5.97 Å². The summed E-state index contributed by atoms with van der Waals surface area (Å²) in [4.78, 5) is 11.6. The fourth-order valence-electron chi connectivity index (χ4n) is 2.01. The topological polar surface area (TPSA) is 68.8 Å². The van der Waals surface area contributed by atoms with Crippen LogP contribution in [0.3, 0.4) is 0 Å². The molecule has 0 fully saturated rings. The molecule has 0 aliphatic carbocycles. The molecule has 1 atom stereocenters. The highest BCUT2D eigenvalue weighted by atomic mass is 32.1. The van der Waals surface area contributed by atoms with Crippen molar-refractivity contribution in [2.45, 2.75) is 12.5 Å². The van der Waals surface area contributed by atoms with Crippen molar-refractivity contribution in [1.82, 2.24) is 10.6 Å². The molecule has 0 unspecified atom stereocenters. The first-order chi connectivity index (χ1) is 10.6. The van der Waals surface area contributed by atoms with E-state index in [0.717, 1.165) is 5.56 Å². The summed E-state index contributed by atoms with van der Waals surface area (Å²) < 4.78 is 15.4. The zero-order valence-corrected chi connectivity index (χ0v) is 13.1. The zero-order valence-electron chi connectivity index (χ0n) is 12.3. The maximum atomic E-state index is 11.6. The van der Waals surface area contributed by atoms with Crippen LogP contribution in [0.15, 0.2) is 30.9 Å². The van der Waals surface area contributed by atoms with E-state index in [2.05, 4.69) is 17.2 Å². The molecule has 1 aromatic rings. The Labute approximate surface area is 134 Å². The third-order valence-electron chi connectivity index (χ3n) is 3.11. The molecule has 1 aliphatic rings. The van der Waals surface area contributed by atoms with Crippen molar-refractivity contribution in [3.63, 3.8) is 0 Å². The summed E-state index contributed by atoms with van der Waals surface area (Å²) in [6, 6.07) is 5.18. The van der Waals surface area contributed by atoms with Crippen LogP contribution < -0.4 is 20.1 Å². The van der Waals surface area contributed by atoms with Crippen LogP contribution in [0, 0.1) is 0 Å². The van der Waals surface area contributed by atoms with Crippen molar-refractivity contribution in [2.75, 3.05) is 20.4 Å². The van der Waals surface area contributed by atoms with Crippen molar-refractivity contribution in [3.05, 3.63) is 36.4 Å². The van der Waals surface area contributed by atoms with Crippen molar-refractivity contribution in [2.24, 2.45) is 0 Å². The molecular weight excluding hydrogens is 304 g/mol. The molecule has 1 heterocycles. The molecule has 0 amide bonds. The summed E-state index contributed by atoms with van der Waals surface area (Å²) in [6.45, 7) is 4.36. The first kappa shape index (κ1) is 16.1. The normalized spacial score (nSPS) is 13.1. The van der Waals surface area contributed by atoms with Gasteiger partial charge in [-0.05, 0) is 29.9 Å². The average molecular weight is 322 g/mol. The minimum absolute atomic E-state index is 0.145. The van der Waals surface area contributed by atoms with E-state index in [1.54, 1.807) is 6.08 Å². The van der Waals surface area contributed by atoms with Gasteiger partial charge in [0, 0.05) is 6.54 Å². The number of methoxy groups -OCH3 is 1. The van der Waals surface area contributed by atoms with Crippen LogP contribution >= 0.6 is 12.2 Å². The Bertz CT molecular complexity index is 577. The van der Waals surface area contributed by atoms with Crippen LogP contribution in [0.2, 0.25) is 0 Å². The molecule has 0 spiro atoms. The Hall–Kier alpha value is -2.28. The number of benzene rings is 1. The highest BCUT2D eigenvalue weighted by Crippen LogP contribution is 2.34. The molecule has 22 heavy (non-hydrogen) atoms. The van der Waals surface area contributed by atoms with E-state index in [9.17, 15) is 4.79 Å². The van der Waals surface area contributed by atoms with E-state index in [4.69, 9.17) is 26.4 Å². The van der Waals surface area contributed by atoms with Crippen molar-refractivity contribution in [3.8, 4) is 11.5 Å². The average Bonchev–Trinajstić information content (AvgIpc) is 2.99. The summed E-state index contributed by atoms with van der Waals surface area (Å²) in [5, 5.41) is 6.51. The Kier molecular flexibility index (Phi) is 5.60. The second-order valence-electron chi connectivity index (χ2n) is 4.59. The SMILES string of the molecule is C=CCNC(=S)N[C@H](CC(=O)OC)c1ccc2c(c1)OCO2. The standard InChI is InChI=1S/C15H18N2O4S/c1-3-6-16-15(22)17-11(8-14(18)19-2)10-4-5-12-13(7-10)21-9-20-12/h3-5,7,11H,1,6,8-9H2,2H3,(H2,16,17,22)/t11-/m1/s1. The highest BCUT2D eigenvalue weighted by Gasteiger charge is 2.21. The van der Waals surface area contributed by atoms with Crippen LogP contribution in [-0.2, 0) is 9.53 Å². The number of carbonyl (C=O) groups excluding carboxylic acids is 1. The lowest BCUT2D eigenvalue weighted by molar-refractivity contribution is -0.141. The first-order valence-corrected chi connectivity index (χ1v) is 7.16. The van der Waals surface area contributed by atoms with Crippen LogP contribution in [0.4, 0.5) is 0 Å². The maximum absolute atomic E-state index is 11.6. The maximum Gasteiger partial charge on any atom is 0.307 e. The number of hydrogen-bond acceptors (Lipinski definition) is 5. The van der Waals surface area contributed by atoms with E-state index >= 15 is 0 Å². The number of carbonyl (C=O) groups is 1. The zero-order chi connectivity index (χ0) is 15.9. The first-order valence-electron chi connectivity index (χ1n) is 6.75. The van der Waals surface area contributed by atoms with Gasteiger partial charge in [0.25, 0.3) is 0 Å². The molecular formula is C15H18N2O4S. The molecule has 0 saturated carbocycles. The lowest BCUT2D eigenvalue weighted by Gasteiger charge is -2.20. The third-order valence-corrected chi connectivity index (χ3v) is 3.37. The van der Waals surface area contributed by atoms with Crippen LogP contribution in [0.1, 0.15) is 18.0 Å². The molecule has 2 rings (SSSR count). The molecule has 0 aromatic heterocycles. The molecule has 0 saturated heterocycles. The van der Waals surface area contributed by atoms with Gasteiger partial charge in [-0.25, -0.2) is 0 Å². The monoisotopic (exact) mass is 322 g/mol. The van der Waals surface area contributed by atoms with E-state index in [0.29, 0.717) is 23.2 Å². The minimum atomic E-state index is -0.332. The molecule has 2 N–H and O–H groups in total. The molecule has 7 heteroatoms. The van der Waals surface area contributed by atoms with Gasteiger partial charge in [0.15, 0.2) is 16.6 Å².